The average molecular weight is 469 g/mol. The third-order valence-corrected chi connectivity index (χ3v) is 5.32. The van der Waals surface area contributed by atoms with Crippen molar-refractivity contribution in [2.75, 3.05) is 0 Å². The molecule has 0 spiro atoms. The van der Waals surface area contributed by atoms with Crippen molar-refractivity contribution in [1.82, 2.24) is 4.98 Å². The first-order valence-corrected chi connectivity index (χ1v) is 9.69. The Hall–Kier alpha value is -3.19. The summed E-state index contributed by atoms with van der Waals surface area (Å²) in [7, 11) is 0. The lowest BCUT2D eigenvalue weighted by Crippen LogP contribution is -2.46. The molecule has 0 aliphatic carbocycles. The maximum atomic E-state index is 14.7. The fraction of sp³-hybridized carbons (Fsp3) is 0.333. The van der Waals surface area contributed by atoms with E-state index >= 15 is 0 Å². The van der Waals surface area contributed by atoms with Crippen LogP contribution in [0.5, 0.6) is 0 Å². The van der Waals surface area contributed by atoms with Crippen molar-refractivity contribution in [1.29, 1.82) is 5.26 Å². The van der Waals surface area contributed by atoms with Gasteiger partial charge in [0.25, 0.3) is 11.9 Å². The van der Waals surface area contributed by atoms with E-state index in [1.807, 2.05) is 6.07 Å². The molecule has 2 atom stereocenters. The van der Waals surface area contributed by atoms with Crippen molar-refractivity contribution < 1.29 is 27.1 Å². The zero-order valence-electron chi connectivity index (χ0n) is 16.9. The number of carbonyl (C=O) groups excluding carboxylic acids is 1. The van der Waals surface area contributed by atoms with Crippen molar-refractivity contribution in [3.05, 3.63) is 63.4 Å². The van der Waals surface area contributed by atoms with Crippen LogP contribution in [-0.2, 0) is 16.7 Å². The lowest BCUT2D eigenvalue weighted by atomic mass is 9.83. The number of nitriles is 1. The van der Waals surface area contributed by atoms with Gasteiger partial charge in [0.05, 0.1) is 16.1 Å². The van der Waals surface area contributed by atoms with E-state index < -0.39 is 53.8 Å². The van der Waals surface area contributed by atoms with E-state index in [1.165, 1.54) is 19.1 Å². The lowest BCUT2D eigenvalue weighted by Gasteiger charge is -2.37. The topological polar surface area (TPSA) is 101 Å². The number of halogens is 5. The molecule has 6 nitrogen and oxygen atoms in total. The van der Waals surface area contributed by atoms with Crippen LogP contribution in [0.1, 0.15) is 47.4 Å². The summed E-state index contributed by atoms with van der Waals surface area (Å²) in [5, 5.41) is 8.79. The molecule has 0 saturated carbocycles. The highest BCUT2D eigenvalue weighted by Gasteiger charge is 2.47. The minimum absolute atomic E-state index is 0.0485. The Morgan fingerprint density at radius 2 is 2.09 bits per heavy atom. The number of Topliss-reactive ketones (excluding diaryl/α,β-unsaturated/α-hetero) is 1. The molecule has 0 radical (unpaired) electrons. The van der Waals surface area contributed by atoms with E-state index in [9.17, 15) is 22.4 Å². The Labute approximate surface area is 185 Å². The first kappa shape index (κ1) is 23.5. The fourth-order valence-electron chi connectivity index (χ4n) is 3.43. The van der Waals surface area contributed by atoms with Crippen LogP contribution < -0.4 is 5.73 Å². The monoisotopic (exact) mass is 468 g/mol. The van der Waals surface area contributed by atoms with Gasteiger partial charge in [0.2, 0.25) is 0 Å². The van der Waals surface area contributed by atoms with E-state index in [0.29, 0.717) is 6.92 Å². The van der Waals surface area contributed by atoms with Crippen LogP contribution in [0, 0.1) is 23.0 Å². The van der Waals surface area contributed by atoms with Crippen LogP contribution >= 0.6 is 11.6 Å². The molecule has 2 aromatic rings. The Morgan fingerprint density at radius 1 is 1.41 bits per heavy atom. The lowest BCUT2D eigenvalue weighted by molar-refractivity contribution is -0.103. The predicted molar refractivity (Wildman–Crippen MR) is 107 cm³/mol. The number of hydrogen-bond acceptors (Lipinski definition) is 6. The standard InChI is InChI=1S/C21H17ClF4N4O2/c1-20(7-16(21(2,25)26)32-19(28)30-20)12-3-10(5-14(23)17(12)24)6-15(31)18-13(22)4-11(8-27)9-29-18/h3-5,9,16H,6-7H2,1-2H3,(H2,28,30)/t16-,20-/m0/s1. The van der Waals surface area contributed by atoms with Gasteiger partial charge in [0, 0.05) is 31.5 Å². The summed E-state index contributed by atoms with van der Waals surface area (Å²) in [5.74, 6) is -6.52. The number of ether oxygens (including phenoxy) is 1. The summed E-state index contributed by atoms with van der Waals surface area (Å²) in [6.07, 6.45) is -1.45. The second-order valence-electron chi connectivity index (χ2n) is 7.70. The van der Waals surface area contributed by atoms with Gasteiger partial charge < -0.3 is 10.5 Å². The zero-order valence-corrected chi connectivity index (χ0v) is 17.7. The molecule has 1 aliphatic rings. The summed E-state index contributed by atoms with van der Waals surface area (Å²) in [5.41, 5.74) is 3.57. The first-order chi connectivity index (χ1) is 14.8. The zero-order chi connectivity index (χ0) is 23.8. The highest BCUT2D eigenvalue weighted by molar-refractivity contribution is 6.33. The van der Waals surface area contributed by atoms with E-state index in [1.54, 1.807) is 0 Å². The molecule has 1 aliphatic heterocycles. The first-order valence-electron chi connectivity index (χ1n) is 9.31. The minimum Gasteiger partial charge on any atom is -0.456 e. The van der Waals surface area contributed by atoms with Crippen molar-refractivity contribution >= 4 is 23.4 Å². The Balaban J connectivity index is 1.99. The molecule has 0 bridgehead atoms. The number of amidine groups is 1. The van der Waals surface area contributed by atoms with E-state index in [-0.39, 0.29) is 27.4 Å². The Bertz CT molecular complexity index is 1160. The van der Waals surface area contributed by atoms with Crippen molar-refractivity contribution in [2.24, 2.45) is 10.7 Å². The number of nitrogens with zero attached hydrogens (tertiary/aromatic N) is 3. The largest absolute Gasteiger partial charge is 0.456 e. The molecule has 2 N–H and O–H groups in total. The highest BCUT2D eigenvalue weighted by Crippen LogP contribution is 2.41. The molecule has 1 aromatic heterocycles. The number of carbonyl (C=O) groups is 1. The number of alkyl halides is 2. The normalized spacial score (nSPS) is 20.8. The smallest absolute Gasteiger partial charge is 0.283 e. The number of aromatic nitrogens is 1. The van der Waals surface area contributed by atoms with Crippen LogP contribution in [0.3, 0.4) is 0 Å². The van der Waals surface area contributed by atoms with Crippen molar-refractivity contribution in [3.8, 4) is 6.07 Å². The van der Waals surface area contributed by atoms with Gasteiger partial charge in [-0.2, -0.15) is 5.26 Å². The molecule has 0 amide bonds. The number of ketones is 1. The van der Waals surface area contributed by atoms with Crippen LogP contribution in [-0.4, -0.2) is 28.8 Å². The second-order valence-corrected chi connectivity index (χ2v) is 8.10. The number of rotatable bonds is 5. The molecule has 32 heavy (non-hydrogen) atoms. The second kappa shape index (κ2) is 8.39. The maximum Gasteiger partial charge on any atom is 0.283 e. The van der Waals surface area contributed by atoms with Gasteiger partial charge in [0.1, 0.15) is 11.8 Å². The summed E-state index contributed by atoms with van der Waals surface area (Å²) in [6, 6.07) is 4.48. The Kier molecular flexibility index (Phi) is 6.15. The van der Waals surface area contributed by atoms with Crippen LogP contribution in [0.4, 0.5) is 17.6 Å². The number of hydrogen-bond donors (Lipinski definition) is 1. The number of benzene rings is 1. The third-order valence-electron chi connectivity index (χ3n) is 5.04. The van der Waals surface area contributed by atoms with Gasteiger partial charge in [0.15, 0.2) is 23.5 Å². The molecule has 0 fully saturated rings. The molecule has 0 unspecified atom stereocenters. The van der Waals surface area contributed by atoms with Crippen LogP contribution in [0.15, 0.2) is 29.4 Å². The molecule has 3 rings (SSSR count). The van der Waals surface area contributed by atoms with Gasteiger partial charge >= 0.3 is 0 Å². The highest BCUT2D eigenvalue weighted by atomic mass is 35.5. The predicted octanol–water partition coefficient (Wildman–Crippen LogP) is 4.28. The summed E-state index contributed by atoms with van der Waals surface area (Å²) in [6.45, 7) is 1.95. The maximum absolute atomic E-state index is 14.7. The molecular weight excluding hydrogens is 452 g/mol. The molecule has 0 saturated heterocycles. The summed E-state index contributed by atoms with van der Waals surface area (Å²) in [4.78, 5) is 20.4. The summed E-state index contributed by atoms with van der Waals surface area (Å²) < 4.78 is 61.7. The van der Waals surface area contributed by atoms with E-state index in [2.05, 4.69) is 9.98 Å². The van der Waals surface area contributed by atoms with E-state index in [0.717, 1.165) is 12.3 Å². The number of aliphatic imine (C=N–C) groups is 1. The quantitative estimate of drug-likeness (QED) is 0.521. The Morgan fingerprint density at radius 3 is 2.69 bits per heavy atom. The molecular formula is C21H17ClF4N4O2. The van der Waals surface area contributed by atoms with Crippen molar-refractivity contribution in [3.63, 3.8) is 0 Å². The minimum atomic E-state index is -3.32. The fourth-order valence-corrected chi connectivity index (χ4v) is 3.70. The number of nitrogens with two attached hydrogens (primary N) is 1. The molecule has 2 heterocycles. The van der Waals surface area contributed by atoms with Gasteiger partial charge in [-0.15, -0.1) is 0 Å². The third kappa shape index (κ3) is 4.67. The molecule has 11 heteroatoms. The van der Waals surface area contributed by atoms with E-state index in [4.69, 9.17) is 27.3 Å². The van der Waals surface area contributed by atoms with Crippen molar-refractivity contribution in [2.45, 2.75) is 44.3 Å². The van der Waals surface area contributed by atoms with Gasteiger partial charge in [-0.25, -0.2) is 22.6 Å². The van der Waals surface area contributed by atoms with Gasteiger partial charge in [-0.05, 0) is 30.7 Å². The number of pyridine rings is 1. The molecule has 1 aromatic carbocycles. The van der Waals surface area contributed by atoms with Gasteiger partial charge in [-0.1, -0.05) is 11.6 Å². The average Bonchev–Trinajstić information content (AvgIpc) is 2.68. The SMILES string of the molecule is CC(F)(F)[C@@H]1C[C@@](C)(c2cc(CC(=O)c3ncc(C#N)cc3Cl)cc(F)c2F)N=C(N)O1. The van der Waals surface area contributed by atoms with Gasteiger partial charge in [-0.3, -0.25) is 9.78 Å². The summed E-state index contributed by atoms with van der Waals surface area (Å²) >= 11 is 5.99. The van der Waals surface area contributed by atoms with Crippen LogP contribution in [0.25, 0.3) is 0 Å². The van der Waals surface area contributed by atoms with Crippen LogP contribution in [0.2, 0.25) is 5.02 Å². The molecule has 168 valence electrons.